The third-order valence-electron chi connectivity index (χ3n) is 3.34. The molecule has 1 aliphatic carbocycles. The van der Waals surface area contributed by atoms with E-state index in [0.29, 0.717) is 17.8 Å². The number of nitrogen functional groups attached to an aromatic ring is 1. The normalized spacial score (nSPS) is 24.8. The fraction of sp³-hybridized carbons (Fsp3) is 0.818. The Balaban J connectivity index is 1.77. The minimum atomic E-state index is 0.395. The zero-order valence-corrected chi connectivity index (χ0v) is 11.0. The predicted octanol–water partition coefficient (Wildman–Crippen LogP) is 2.31. The number of hydrogen-bond acceptors (Lipinski definition) is 6. The van der Waals surface area contributed by atoms with E-state index < -0.39 is 0 Å². The molecular formula is C11H20N4OS. The lowest BCUT2D eigenvalue weighted by Crippen LogP contribution is -2.22. The topological polar surface area (TPSA) is 73.1 Å². The van der Waals surface area contributed by atoms with Gasteiger partial charge in [-0.2, -0.15) is 0 Å². The number of ether oxygens (including phenoxy) is 1. The van der Waals surface area contributed by atoms with Crippen LogP contribution in [0.4, 0.5) is 5.13 Å². The summed E-state index contributed by atoms with van der Waals surface area (Å²) in [5, 5.41) is 9.42. The highest BCUT2D eigenvalue weighted by Crippen LogP contribution is 2.29. The summed E-state index contributed by atoms with van der Waals surface area (Å²) >= 11 is 1.44. The quantitative estimate of drug-likeness (QED) is 0.624. The molecule has 2 atom stereocenters. The molecule has 1 saturated carbocycles. The van der Waals surface area contributed by atoms with Crippen molar-refractivity contribution in [3.8, 4) is 0 Å². The van der Waals surface area contributed by atoms with Gasteiger partial charge in [-0.25, -0.2) is 5.84 Å². The molecule has 1 heterocycles. The second-order valence-electron chi connectivity index (χ2n) is 4.52. The molecule has 0 saturated heterocycles. The third-order valence-corrected chi connectivity index (χ3v) is 4.17. The number of hydrogen-bond donors (Lipinski definition) is 2. The van der Waals surface area contributed by atoms with E-state index in [0.717, 1.165) is 10.9 Å². The van der Waals surface area contributed by atoms with Crippen molar-refractivity contribution in [1.29, 1.82) is 0 Å². The fourth-order valence-electron chi connectivity index (χ4n) is 2.32. The molecule has 5 nitrogen and oxygen atoms in total. The van der Waals surface area contributed by atoms with E-state index in [9.17, 15) is 0 Å². The molecule has 0 bridgehead atoms. The molecule has 0 radical (unpaired) electrons. The summed E-state index contributed by atoms with van der Waals surface area (Å²) in [6, 6.07) is 0. The Labute approximate surface area is 106 Å². The zero-order valence-electron chi connectivity index (χ0n) is 10.2. The molecule has 0 amide bonds. The summed E-state index contributed by atoms with van der Waals surface area (Å²) < 4.78 is 5.90. The Bertz CT molecular complexity index is 344. The molecule has 96 valence electrons. The second kappa shape index (κ2) is 6.28. The molecule has 0 spiro atoms. The second-order valence-corrected chi connectivity index (χ2v) is 5.58. The van der Waals surface area contributed by atoms with Gasteiger partial charge in [-0.1, -0.05) is 37.5 Å². The number of nitrogens with two attached hydrogens (primary N) is 1. The van der Waals surface area contributed by atoms with Gasteiger partial charge in [-0.3, -0.25) is 5.43 Å². The molecule has 0 aromatic carbocycles. The van der Waals surface area contributed by atoms with Crippen molar-refractivity contribution in [1.82, 2.24) is 10.2 Å². The first-order chi connectivity index (χ1) is 8.31. The maximum absolute atomic E-state index is 5.90. The van der Waals surface area contributed by atoms with Gasteiger partial charge in [0.1, 0.15) is 11.6 Å². The molecule has 0 aliphatic heterocycles. The van der Waals surface area contributed by atoms with Crippen molar-refractivity contribution in [2.75, 3.05) is 5.43 Å². The van der Waals surface area contributed by atoms with E-state index in [-0.39, 0.29) is 0 Å². The minimum absolute atomic E-state index is 0.395. The van der Waals surface area contributed by atoms with Gasteiger partial charge in [0.25, 0.3) is 0 Å². The average Bonchev–Trinajstić information content (AvgIpc) is 2.84. The first kappa shape index (κ1) is 12.7. The summed E-state index contributed by atoms with van der Waals surface area (Å²) in [4.78, 5) is 0. The van der Waals surface area contributed by atoms with Crippen molar-refractivity contribution in [2.24, 2.45) is 11.8 Å². The lowest BCUT2D eigenvalue weighted by molar-refractivity contribution is 0.00150. The van der Waals surface area contributed by atoms with Gasteiger partial charge in [0.05, 0.1) is 6.10 Å². The number of aromatic nitrogens is 2. The number of nitrogens with zero attached hydrogens (tertiary/aromatic N) is 2. The van der Waals surface area contributed by atoms with E-state index in [4.69, 9.17) is 10.6 Å². The van der Waals surface area contributed by atoms with E-state index >= 15 is 0 Å². The molecule has 1 aliphatic rings. The van der Waals surface area contributed by atoms with Gasteiger partial charge in [0.2, 0.25) is 5.13 Å². The first-order valence-corrected chi connectivity index (χ1v) is 7.04. The highest BCUT2D eigenvalue weighted by Gasteiger charge is 2.21. The summed E-state index contributed by atoms with van der Waals surface area (Å²) in [5.74, 6) is 6.09. The van der Waals surface area contributed by atoms with Crippen molar-refractivity contribution in [3.63, 3.8) is 0 Å². The summed E-state index contributed by atoms with van der Waals surface area (Å²) in [6.07, 6.45) is 6.67. The lowest BCUT2D eigenvalue weighted by Gasteiger charge is -2.28. The van der Waals surface area contributed by atoms with Crippen LogP contribution in [0.15, 0.2) is 0 Å². The Morgan fingerprint density at radius 2 is 2.35 bits per heavy atom. The van der Waals surface area contributed by atoms with Gasteiger partial charge >= 0.3 is 0 Å². The Morgan fingerprint density at radius 1 is 1.47 bits per heavy atom. The van der Waals surface area contributed by atoms with Gasteiger partial charge in [-0.15, -0.1) is 10.2 Å². The van der Waals surface area contributed by atoms with Crippen LogP contribution in [0.3, 0.4) is 0 Å². The smallest absolute Gasteiger partial charge is 0.219 e. The van der Waals surface area contributed by atoms with Crippen LogP contribution in [0.1, 0.15) is 44.0 Å². The first-order valence-electron chi connectivity index (χ1n) is 6.22. The molecule has 2 unspecified atom stereocenters. The van der Waals surface area contributed by atoms with Crippen molar-refractivity contribution >= 4 is 16.5 Å². The van der Waals surface area contributed by atoms with Crippen molar-refractivity contribution < 1.29 is 4.74 Å². The predicted molar refractivity (Wildman–Crippen MR) is 68.5 cm³/mol. The SMILES string of the molecule is CCC1CCCC(OCc2nnc(NN)s2)C1. The summed E-state index contributed by atoms with van der Waals surface area (Å²) in [5.41, 5.74) is 2.49. The monoisotopic (exact) mass is 256 g/mol. The fourth-order valence-corrected chi connectivity index (χ4v) is 2.90. The van der Waals surface area contributed by atoms with E-state index in [1.165, 1.54) is 43.4 Å². The molecule has 17 heavy (non-hydrogen) atoms. The Morgan fingerprint density at radius 3 is 3.06 bits per heavy atom. The van der Waals surface area contributed by atoms with Crippen LogP contribution in [0.25, 0.3) is 0 Å². The molecule has 3 N–H and O–H groups in total. The molecule has 1 aromatic heterocycles. The molecule has 6 heteroatoms. The molecule has 1 aromatic rings. The maximum Gasteiger partial charge on any atom is 0.219 e. The highest BCUT2D eigenvalue weighted by molar-refractivity contribution is 7.15. The van der Waals surface area contributed by atoms with Crippen molar-refractivity contribution in [2.45, 2.75) is 51.7 Å². The standard InChI is InChI=1S/C11H20N4OS/c1-2-8-4-3-5-9(6-8)16-7-10-14-15-11(13-12)17-10/h8-9H,2-7,12H2,1H3,(H,13,15). The minimum Gasteiger partial charge on any atom is -0.371 e. The average molecular weight is 256 g/mol. The zero-order chi connectivity index (χ0) is 12.1. The molecule has 1 fully saturated rings. The highest BCUT2D eigenvalue weighted by atomic mass is 32.1. The van der Waals surface area contributed by atoms with E-state index in [1.54, 1.807) is 0 Å². The molecular weight excluding hydrogens is 236 g/mol. The number of rotatable bonds is 5. The van der Waals surface area contributed by atoms with E-state index in [2.05, 4.69) is 22.5 Å². The van der Waals surface area contributed by atoms with Crippen molar-refractivity contribution in [3.05, 3.63) is 5.01 Å². The Hall–Kier alpha value is -0.720. The summed E-state index contributed by atoms with van der Waals surface area (Å²) in [7, 11) is 0. The van der Waals surface area contributed by atoms with Crippen LogP contribution in [0.5, 0.6) is 0 Å². The van der Waals surface area contributed by atoms with Crippen LogP contribution in [0, 0.1) is 5.92 Å². The molecule has 2 rings (SSSR count). The van der Waals surface area contributed by atoms with Crippen LogP contribution in [-0.2, 0) is 11.3 Å². The number of anilines is 1. The van der Waals surface area contributed by atoms with Crippen LogP contribution in [-0.4, -0.2) is 16.3 Å². The summed E-state index contributed by atoms with van der Waals surface area (Å²) in [6.45, 7) is 2.82. The van der Waals surface area contributed by atoms with E-state index in [1.807, 2.05) is 0 Å². The van der Waals surface area contributed by atoms with Crippen LogP contribution in [0.2, 0.25) is 0 Å². The Kier molecular flexibility index (Phi) is 4.70. The number of nitrogens with one attached hydrogen (secondary N) is 1. The third kappa shape index (κ3) is 3.62. The van der Waals surface area contributed by atoms with Gasteiger partial charge < -0.3 is 4.74 Å². The van der Waals surface area contributed by atoms with Gasteiger partial charge in [0, 0.05) is 0 Å². The van der Waals surface area contributed by atoms with Crippen LogP contribution >= 0.6 is 11.3 Å². The largest absolute Gasteiger partial charge is 0.371 e. The van der Waals surface area contributed by atoms with Gasteiger partial charge in [0.15, 0.2) is 0 Å². The lowest BCUT2D eigenvalue weighted by atomic mass is 9.85. The number of hydrazine groups is 1. The van der Waals surface area contributed by atoms with Crippen LogP contribution < -0.4 is 11.3 Å². The maximum atomic E-state index is 5.90. The van der Waals surface area contributed by atoms with Gasteiger partial charge in [-0.05, 0) is 18.8 Å².